The lowest BCUT2D eigenvalue weighted by Gasteiger charge is -2.15. The van der Waals surface area contributed by atoms with Gasteiger partial charge in [0.1, 0.15) is 5.75 Å². The first-order chi connectivity index (χ1) is 14.2. The first kappa shape index (κ1) is 17.6. The fraction of sp³-hybridized carbons (Fsp3) is 0.273. The molecule has 5 rings (SSSR count). The van der Waals surface area contributed by atoms with Crippen LogP contribution in [-0.4, -0.2) is 26.7 Å². The van der Waals surface area contributed by atoms with Crippen molar-refractivity contribution in [2.75, 3.05) is 11.9 Å². The van der Waals surface area contributed by atoms with E-state index in [0.717, 1.165) is 52.4 Å². The molecule has 1 aromatic carbocycles. The number of aryl methyl sites for hydroxylation is 1. The fourth-order valence-corrected chi connectivity index (χ4v) is 3.31. The number of rotatable bonds is 6. The smallest absolute Gasteiger partial charge is 0.261 e. The van der Waals surface area contributed by atoms with Crippen LogP contribution in [0, 0.1) is 6.92 Å². The average Bonchev–Trinajstić information content (AvgIpc) is 3.47. The van der Waals surface area contributed by atoms with Gasteiger partial charge in [-0.3, -0.25) is 0 Å². The van der Waals surface area contributed by atoms with Crippen molar-refractivity contribution in [2.45, 2.75) is 32.6 Å². The summed E-state index contributed by atoms with van der Waals surface area (Å²) >= 11 is 0. The number of aromatic nitrogens is 4. The molecule has 0 radical (unpaired) electrons. The lowest BCUT2D eigenvalue weighted by Crippen LogP contribution is -2.01. The van der Waals surface area contributed by atoms with Gasteiger partial charge in [0.2, 0.25) is 0 Å². The summed E-state index contributed by atoms with van der Waals surface area (Å²) in [4.78, 5) is 13.7. The maximum Gasteiger partial charge on any atom is 0.261 e. The highest BCUT2D eigenvalue weighted by Gasteiger charge is 2.29. The predicted molar refractivity (Wildman–Crippen MR) is 110 cm³/mol. The number of nitrogens with zero attached hydrogens (tertiary/aromatic N) is 4. The zero-order valence-electron chi connectivity index (χ0n) is 16.3. The second-order valence-electron chi connectivity index (χ2n) is 7.16. The third kappa shape index (κ3) is 3.40. The van der Waals surface area contributed by atoms with E-state index in [-0.39, 0.29) is 0 Å². The largest absolute Gasteiger partial charge is 0.492 e. The SMILES string of the molecule is CCOc1ccccc1Nc1c(-c2nc(C3CC3)no2)cnc2nc(C)ccc12. The molecule has 0 unspecified atom stereocenters. The minimum Gasteiger partial charge on any atom is -0.492 e. The van der Waals surface area contributed by atoms with Crippen LogP contribution in [0.2, 0.25) is 0 Å². The van der Waals surface area contributed by atoms with Gasteiger partial charge in [-0.2, -0.15) is 4.98 Å². The summed E-state index contributed by atoms with van der Waals surface area (Å²) in [7, 11) is 0. The van der Waals surface area contributed by atoms with Crippen LogP contribution in [0.25, 0.3) is 22.5 Å². The molecule has 1 fully saturated rings. The van der Waals surface area contributed by atoms with Crippen LogP contribution in [-0.2, 0) is 0 Å². The third-order valence-corrected chi connectivity index (χ3v) is 4.93. The van der Waals surface area contributed by atoms with Gasteiger partial charge in [-0.25, -0.2) is 9.97 Å². The van der Waals surface area contributed by atoms with Crippen LogP contribution < -0.4 is 10.1 Å². The first-order valence-corrected chi connectivity index (χ1v) is 9.82. The highest BCUT2D eigenvalue weighted by molar-refractivity contribution is 5.98. The van der Waals surface area contributed by atoms with Gasteiger partial charge in [0.05, 0.1) is 23.5 Å². The Morgan fingerprint density at radius 2 is 2.00 bits per heavy atom. The van der Waals surface area contributed by atoms with Crippen LogP contribution in [0.1, 0.15) is 37.2 Å². The van der Waals surface area contributed by atoms with Gasteiger partial charge >= 0.3 is 0 Å². The summed E-state index contributed by atoms with van der Waals surface area (Å²) < 4.78 is 11.4. The number of hydrogen-bond donors (Lipinski definition) is 1. The first-order valence-electron chi connectivity index (χ1n) is 9.82. The van der Waals surface area contributed by atoms with Crippen LogP contribution in [0.3, 0.4) is 0 Å². The molecule has 7 heteroatoms. The summed E-state index contributed by atoms with van der Waals surface area (Å²) in [5, 5.41) is 8.55. The Morgan fingerprint density at radius 1 is 1.14 bits per heavy atom. The van der Waals surface area contributed by atoms with Crippen molar-refractivity contribution < 1.29 is 9.26 Å². The minimum atomic E-state index is 0.417. The molecule has 0 bridgehead atoms. The van der Waals surface area contributed by atoms with E-state index in [1.807, 2.05) is 50.2 Å². The molecule has 0 amide bonds. The molecule has 3 aromatic heterocycles. The average molecular weight is 387 g/mol. The van der Waals surface area contributed by atoms with E-state index in [2.05, 4.69) is 25.4 Å². The van der Waals surface area contributed by atoms with Crippen LogP contribution >= 0.6 is 0 Å². The van der Waals surface area contributed by atoms with Crippen molar-refractivity contribution in [1.29, 1.82) is 0 Å². The van der Waals surface area contributed by atoms with Gasteiger partial charge in [-0.05, 0) is 51.0 Å². The van der Waals surface area contributed by atoms with Crippen molar-refractivity contribution in [3.05, 3.63) is 54.1 Å². The number of para-hydroxylation sites is 2. The van der Waals surface area contributed by atoms with Crippen molar-refractivity contribution in [2.24, 2.45) is 0 Å². The third-order valence-electron chi connectivity index (χ3n) is 4.93. The molecule has 4 aromatic rings. The quantitative estimate of drug-likeness (QED) is 0.498. The van der Waals surface area contributed by atoms with Crippen molar-refractivity contribution >= 4 is 22.4 Å². The van der Waals surface area contributed by atoms with E-state index >= 15 is 0 Å². The highest BCUT2D eigenvalue weighted by atomic mass is 16.5. The second-order valence-corrected chi connectivity index (χ2v) is 7.16. The van der Waals surface area contributed by atoms with Gasteiger partial charge in [0, 0.05) is 23.2 Å². The Bertz CT molecular complexity index is 1180. The zero-order chi connectivity index (χ0) is 19.8. The minimum absolute atomic E-state index is 0.417. The normalized spacial score (nSPS) is 13.6. The van der Waals surface area contributed by atoms with E-state index in [1.165, 1.54) is 0 Å². The van der Waals surface area contributed by atoms with Crippen molar-refractivity contribution in [3.63, 3.8) is 0 Å². The topological polar surface area (TPSA) is 86.0 Å². The molecule has 3 heterocycles. The molecule has 146 valence electrons. The monoisotopic (exact) mass is 387 g/mol. The summed E-state index contributed by atoms with van der Waals surface area (Å²) in [6, 6.07) is 11.8. The van der Waals surface area contributed by atoms with E-state index in [1.54, 1.807) is 6.20 Å². The molecule has 1 saturated carbocycles. The maximum absolute atomic E-state index is 5.78. The molecule has 1 aliphatic rings. The Morgan fingerprint density at radius 3 is 2.83 bits per heavy atom. The van der Waals surface area contributed by atoms with Gasteiger partial charge in [-0.15, -0.1) is 0 Å². The molecule has 1 aliphatic carbocycles. The second kappa shape index (κ2) is 7.16. The van der Waals surface area contributed by atoms with E-state index < -0.39 is 0 Å². The molecule has 0 atom stereocenters. The Hall–Kier alpha value is -3.48. The van der Waals surface area contributed by atoms with Crippen LogP contribution in [0.5, 0.6) is 5.75 Å². The maximum atomic E-state index is 5.78. The molecular formula is C22H21N5O2. The predicted octanol–water partition coefficient (Wildman–Crippen LogP) is 5.01. The van der Waals surface area contributed by atoms with Gasteiger partial charge in [-0.1, -0.05) is 17.3 Å². The number of hydrogen-bond acceptors (Lipinski definition) is 7. The van der Waals surface area contributed by atoms with Gasteiger partial charge in [0.15, 0.2) is 11.5 Å². The molecule has 7 nitrogen and oxygen atoms in total. The number of anilines is 2. The van der Waals surface area contributed by atoms with E-state index in [0.29, 0.717) is 24.1 Å². The number of pyridine rings is 2. The number of benzene rings is 1. The Balaban J connectivity index is 1.66. The molecule has 0 spiro atoms. The Labute approximate surface area is 168 Å². The molecule has 29 heavy (non-hydrogen) atoms. The number of nitrogens with one attached hydrogen (secondary N) is 1. The van der Waals surface area contributed by atoms with Crippen molar-refractivity contribution in [1.82, 2.24) is 20.1 Å². The summed E-state index contributed by atoms with van der Waals surface area (Å²) in [5.41, 5.74) is 3.99. The van der Waals surface area contributed by atoms with Crippen LogP contribution in [0.15, 0.2) is 47.1 Å². The zero-order valence-corrected chi connectivity index (χ0v) is 16.3. The molecule has 0 aliphatic heterocycles. The highest BCUT2D eigenvalue weighted by Crippen LogP contribution is 2.41. The summed E-state index contributed by atoms with van der Waals surface area (Å²) in [5.74, 6) is 2.41. The van der Waals surface area contributed by atoms with Gasteiger partial charge in [0.25, 0.3) is 5.89 Å². The fourth-order valence-electron chi connectivity index (χ4n) is 3.31. The van der Waals surface area contributed by atoms with Gasteiger partial charge < -0.3 is 14.6 Å². The lowest BCUT2D eigenvalue weighted by atomic mass is 10.1. The number of ether oxygens (including phenoxy) is 1. The molecule has 1 N–H and O–H groups in total. The standard InChI is InChI=1S/C22H21N5O2/c1-3-28-18-7-5-4-6-17(18)25-19-15-11-8-13(2)24-21(15)23-12-16(19)22-26-20(27-29-22)14-9-10-14/h4-8,11-12,14H,3,9-10H2,1-2H3,(H,23,24,25). The number of fused-ring (bicyclic) bond motifs is 1. The van der Waals surface area contributed by atoms with E-state index in [9.17, 15) is 0 Å². The van der Waals surface area contributed by atoms with Crippen molar-refractivity contribution in [3.8, 4) is 17.2 Å². The molecule has 0 saturated heterocycles. The summed E-state index contributed by atoms with van der Waals surface area (Å²) in [6.45, 7) is 4.50. The lowest BCUT2D eigenvalue weighted by molar-refractivity contribution is 0.342. The summed E-state index contributed by atoms with van der Waals surface area (Å²) in [6.07, 6.45) is 3.97. The van der Waals surface area contributed by atoms with Crippen LogP contribution in [0.4, 0.5) is 11.4 Å². The molecular weight excluding hydrogens is 366 g/mol. The van der Waals surface area contributed by atoms with E-state index in [4.69, 9.17) is 9.26 Å². The Kier molecular flexibility index (Phi) is 4.35.